The Morgan fingerprint density at radius 3 is 2.29 bits per heavy atom. The molecule has 1 aliphatic carbocycles. The molecule has 1 aliphatic heterocycles. The molecule has 6 nitrogen and oxygen atoms in total. The van der Waals surface area contributed by atoms with Crippen LogP contribution in [0.5, 0.6) is 0 Å². The fourth-order valence-electron chi connectivity index (χ4n) is 3.08. The van der Waals surface area contributed by atoms with Gasteiger partial charge >= 0.3 is 17.8 Å². The molecular formula is C11H15NO5. The molecule has 1 amide bonds. The molecule has 17 heavy (non-hydrogen) atoms. The molecule has 0 aromatic rings. The van der Waals surface area contributed by atoms with E-state index < -0.39 is 23.9 Å². The summed E-state index contributed by atoms with van der Waals surface area (Å²) in [4.78, 5) is 34.5. The zero-order chi connectivity index (χ0) is 12.6. The summed E-state index contributed by atoms with van der Waals surface area (Å²) < 4.78 is 0. The van der Waals surface area contributed by atoms with Gasteiger partial charge < -0.3 is 15.1 Å². The number of nitrogens with zero attached hydrogens (tertiary/aromatic N) is 1. The number of likely N-dealkylation sites (tertiary alicyclic amines) is 1. The van der Waals surface area contributed by atoms with Crippen molar-refractivity contribution in [2.45, 2.75) is 44.2 Å². The molecule has 0 aromatic heterocycles. The standard InChI is InChI=1S/C11H15NO5/c13-9(11(16)17)12-7-4-2-1-3-6(7)5-8(12)10(14)15/h6-8H,1-5H2,(H,14,15)(H,16,17). The molecule has 94 valence electrons. The van der Waals surface area contributed by atoms with Gasteiger partial charge in [-0.3, -0.25) is 4.79 Å². The van der Waals surface area contributed by atoms with Gasteiger partial charge in [-0.1, -0.05) is 12.8 Å². The first kappa shape index (κ1) is 11.9. The molecule has 2 fully saturated rings. The van der Waals surface area contributed by atoms with Gasteiger partial charge in [-0.2, -0.15) is 0 Å². The Balaban J connectivity index is 2.26. The highest BCUT2D eigenvalue weighted by Gasteiger charge is 2.48. The summed E-state index contributed by atoms with van der Waals surface area (Å²) in [6, 6.07) is -1.17. The van der Waals surface area contributed by atoms with Crippen molar-refractivity contribution >= 4 is 17.8 Å². The summed E-state index contributed by atoms with van der Waals surface area (Å²) in [5.41, 5.74) is 0. The van der Waals surface area contributed by atoms with E-state index in [1.165, 1.54) is 0 Å². The Labute approximate surface area is 98.2 Å². The number of hydrogen-bond acceptors (Lipinski definition) is 3. The van der Waals surface area contributed by atoms with Crippen LogP contribution in [0.2, 0.25) is 0 Å². The van der Waals surface area contributed by atoms with Gasteiger partial charge in [0.15, 0.2) is 0 Å². The average Bonchev–Trinajstić information content (AvgIpc) is 2.67. The second-order valence-corrected chi connectivity index (χ2v) is 4.72. The highest BCUT2D eigenvalue weighted by Crippen LogP contribution is 2.39. The molecule has 1 saturated carbocycles. The Morgan fingerprint density at radius 1 is 1.06 bits per heavy atom. The van der Waals surface area contributed by atoms with Crippen LogP contribution in [0, 0.1) is 5.92 Å². The van der Waals surface area contributed by atoms with Gasteiger partial charge in [0.2, 0.25) is 0 Å². The van der Waals surface area contributed by atoms with Crippen LogP contribution < -0.4 is 0 Å². The van der Waals surface area contributed by atoms with E-state index in [-0.39, 0.29) is 12.0 Å². The minimum absolute atomic E-state index is 0.146. The largest absolute Gasteiger partial charge is 0.480 e. The highest BCUT2D eigenvalue weighted by molar-refractivity contribution is 6.32. The van der Waals surface area contributed by atoms with Gasteiger partial charge in [0.05, 0.1) is 0 Å². The van der Waals surface area contributed by atoms with Crippen molar-refractivity contribution < 1.29 is 24.6 Å². The molecule has 0 bridgehead atoms. The summed E-state index contributed by atoms with van der Waals surface area (Å²) in [5, 5.41) is 17.8. The number of carboxylic acid groups (broad SMARTS) is 2. The van der Waals surface area contributed by atoms with Gasteiger partial charge in [-0.15, -0.1) is 0 Å². The number of rotatable bonds is 1. The van der Waals surface area contributed by atoms with Crippen LogP contribution >= 0.6 is 0 Å². The van der Waals surface area contributed by atoms with Gasteiger partial charge in [-0.05, 0) is 25.2 Å². The second kappa shape index (κ2) is 4.35. The Hall–Kier alpha value is -1.59. The first-order valence-corrected chi connectivity index (χ1v) is 5.80. The van der Waals surface area contributed by atoms with E-state index in [2.05, 4.69) is 0 Å². The summed E-state index contributed by atoms with van der Waals surface area (Å²) in [6.45, 7) is 0. The predicted octanol–water partition coefficient (Wildman–Crippen LogP) is 0.315. The maximum atomic E-state index is 11.6. The molecule has 3 unspecified atom stereocenters. The number of fused-ring (bicyclic) bond motifs is 1. The third kappa shape index (κ3) is 1.99. The lowest BCUT2D eigenvalue weighted by Gasteiger charge is -2.31. The second-order valence-electron chi connectivity index (χ2n) is 4.72. The van der Waals surface area contributed by atoms with Crippen LogP contribution in [-0.4, -0.2) is 45.0 Å². The van der Waals surface area contributed by atoms with Crippen LogP contribution in [0.1, 0.15) is 32.1 Å². The lowest BCUT2D eigenvalue weighted by molar-refractivity contribution is -0.161. The average molecular weight is 241 g/mol. The summed E-state index contributed by atoms with van der Waals surface area (Å²) >= 11 is 0. The Bertz CT molecular complexity index is 367. The number of carbonyl (C=O) groups is 3. The van der Waals surface area contributed by atoms with Crippen LogP contribution in [-0.2, 0) is 14.4 Å². The first-order valence-electron chi connectivity index (χ1n) is 5.80. The minimum Gasteiger partial charge on any atom is -0.480 e. The zero-order valence-corrected chi connectivity index (χ0v) is 9.33. The number of aliphatic carboxylic acids is 2. The fourth-order valence-corrected chi connectivity index (χ4v) is 3.08. The van der Waals surface area contributed by atoms with Crippen molar-refractivity contribution in [2.24, 2.45) is 5.92 Å². The molecule has 2 rings (SSSR count). The van der Waals surface area contributed by atoms with Crippen LogP contribution in [0.25, 0.3) is 0 Å². The van der Waals surface area contributed by atoms with E-state index in [9.17, 15) is 14.4 Å². The minimum atomic E-state index is -1.57. The van der Waals surface area contributed by atoms with Crippen molar-refractivity contribution in [1.29, 1.82) is 0 Å². The van der Waals surface area contributed by atoms with E-state index in [4.69, 9.17) is 10.2 Å². The summed E-state index contributed by atoms with van der Waals surface area (Å²) in [5.74, 6) is -3.60. The molecule has 6 heteroatoms. The van der Waals surface area contributed by atoms with E-state index in [0.717, 1.165) is 24.2 Å². The van der Waals surface area contributed by atoms with E-state index in [0.29, 0.717) is 12.8 Å². The molecule has 2 N–H and O–H groups in total. The van der Waals surface area contributed by atoms with Gasteiger partial charge in [0, 0.05) is 6.04 Å². The molecule has 0 spiro atoms. The maximum absolute atomic E-state index is 11.6. The fraction of sp³-hybridized carbons (Fsp3) is 0.727. The van der Waals surface area contributed by atoms with Gasteiger partial charge in [-0.25, -0.2) is 9.59 Å². The summed E-state index contributed by atoms with van der Waals surface area (Å²) in [6.07, 6.45) is 3.95. The van der Waals surface area contributed by atoms with Gasteiger partial charge in [0.25, 0.3) is 0 Å². The smallest absolute Gasteiger partial charge is 0.394 e. The van der Waals surface area contributed by atoms with Crippen LogP contribution in [0.4, 0.5) is 0 Å². The van der Waals surface area contributed by atoms with E-state index in [1.807, 2.05) is 0 Å². The third-order valence-corrected chi connectivity index (χ3v) is 3.79. The SMILES string of the molecule is O=C(O)C(=O)N1C(C(=O)O)CC2CCCCC21. The molecule has 0 aromatic carbocycles. The maximum Gasteiger partial charge on any atom is 0.394 e. The number of amides is 1. The quantitative estimate of drug-likeness (QED) is 0.644. The van der Waals surface area contributed by atoms with Crippen molar-refractivity contribution in [3.8, 4) is 0 Å². The lowest BCUT2D eigenvalue weighted by atomic mass is 9.85. The number of carboxylic acids is 2. The van der Waals surface area contributed by atoms with E-state index >= 15 is 0 Å². The van der Waals surface area contributed by atoms with E-state index in [1.54, 1.807) is 0 Å². The first-order chi connectivity index (χ1) is 8.02. The van der Waals surface area contributed by atoms with Crippen molar-refractivity contribution in [3.63, 3.8) is 0 Å². The molecular weight excluding hydrogens is 226 g/mol. The molecule has 3 atom stereocenters. The normalized spacial score (nSPS) is 32.0. The third-order valence-electron chi connectivity index (χ3n) is 3.79. The zero-order valence-electron chi connectivity index (χ0n) is 9.33. The topological polar surface area (TPSA) is 94.9 Å². The number of carbonyl (C=O) groups excluding carboxylic acids is 1. The Kier molecular flexibility index (Phi) is 3.04. The van der Waals surface area contributed by atoms with Crippen molar-refractivity contribution in [2.75, 3.05) is 0 Å². The molecule has 2 aliphatic rings. The van der Waals surface area contributed by atoms with Crippen LogP contribution in [0.15, 0.2) is 0 Å². The number of hydrogen-bond donors (Lipinski definition) is 2. The van der Waals surface area contributed by atoms with Crippen molar-refractivity contribution in [1.82, 2.24) is 4.90 Å². The molecule has 1 heterocycles. The molecule has 0 radical (unpaired) electrons. The highest BCUT2D eigenvalue weighted by atomic mass is 16.4. The van der Waals surface area contributed by atoms with Crippen molar-refractivity contribution in [3.05, 3.63) is 0 Å². The predicted molar refractivity (Wildman–Crippen MR) is 56.3 cm³/mol. The van der Waals surface area contributed by atoms with Crippen LogP contribution in [0.3, 0.4) is 0 Å². The lowest BCUT2D eigenvalue weighted by Crippen LogP contribution is -2.48. The Morgan fingerprint density at radius 2 is 1.71 bits per heavy atom. The summed E-state index contributed by atoms with van der Waals surface area (Å²) in [7, 11) is 0. The van der Waals surface area contributed by atoms with Gasteiger partial charge in [0.1, 0.15) is 6.04 Å². The monoisotopic (exact) mass is 241 g/mol. The molecule has 1 saturated heterocycles.